The summed E-state index contributed by atoms with van der Waals surface area (Å²) in [5.41, 5.74) is 6.80. The lowest BCUT2D eigenvalue weighted by atomic mass is 10.2. The van der Waals surface area contributed by atoms with Crippen LogP contribution in [0.5, 0.6) is 0 Å². The molecule has 20 heavy (non-hydrogen) atoms. The number of aromatic nitrogens is 3. The molecule has 0 fully saturated rings. The normalized spacial score (nSPS) is 11.2. The first-order valence-corrected chi connectivity index (χ1v) is 6.16. The molecule has 108 valence electrons. The number of nitrogens with two attached hydrogens (primary N) is 1. The summed E-state index contributed by atoms with van der Waals surface area (Å²) in [6.45, 7) is 4.55. The zero-order valence-electron chi connectivity index (χ0n) is 11.5. The molecule has 0 bridgehead atoms. The van der Waals surface area contributed by atoms with Crippen LogP contribution in [-0.4, -0.2) is 26.8 Å². The van der Waals surface area contributed by atoms with E-state index in [1.807, 2.05) is 38.2 Å². The summed E-state index contributed by atoms with van der Waals surface area (Å²) in [5.74, 6) is 1.22. The molecule has 2 heterocycles. The van der Waals surface area contributed by atoms with E-state index in [2.05, 4.69) is 20.4 Å². The average molecular weight is 386 g/mol. The molecule has 7 heteroatoms. The summed E-state index contributed by atoms with van der Waals surface area (Å²) in [4.78, 5) is 8.55. The quantitative estimate of drug-likeness (QED) is 0.476. The van der Waals surface area contributed by atoms with Crippen LogP contribution in [0, 0.1) is 0 Å². The Kier molecular flexibility index (Phi) is 6.43. The molecule has 0 aromatic carbocycles. The van der Waals surface area contributed by atoms with Gasteiger partial charge >= 0.3 is 0 Å². The first-order chi connectivity index (χ1) is 9.15. The van der Waals surface area contributed by atoms with Crippen molar-refractivity contribution in [2.75, 3.05) is 0 Å². The Bertz CT molecular complexity index is 550. The maximum atomic E-state index is 5.76. The predicted octanol–water partition coefficient (Wildman–Crippen LogP) is 1.70. The van der Waals surface area contributed by atoms with Gasteiger partial charge in [0, 0.05) is 24.6 Å². The number of nitrogens with one attached hydrogen (secondary N) is 1. The van der Waals surface area contributed by atoms with E-state index >= 15 is 0 Å². The number of rotatable bonds is 4. The molecule has 0 saturated carbocycles. The van der Waals surface area contributed by atoms with E-state index in [4.69, 9.17) is 5.73 Å². The molecule has 6 nitrogen and oxygen atoms in total. The monoisotopic (exact) mass is 386 g/mol. The Morgan fingerprint density at radius 3 is 2.90 bits per heavy atom. The van der Waals surface area contributed by atoms with Crippen molar-refractivity contribution in [1.82, 2.24) is 20.1 Å². The maximum Gasteiger partial charge on any atom is 0.189 e. The van der Waals surface area contributed by atoms with Crippen molar-refractivity contribution < 1.29 is 0 Å². The van der Waals surface area contributed by atoms with Crippen LogP contribution < -0.4 is 11.1 Å². The molecule has 0 spiro atoms. The van der Waals surface area contributed by atoms with Crippen LogP contribution >= 0.6 is 24.0 Å². The first-order valence-electron chi connectivity index (χ1n) is 6.16. The van der Waals surface area contributed by atoms with Crippen molar-refractivity contribution in [3.8, 4) is 5.82 Å². The van der Waals surface area contributed by atoms with Crippen LogP contribution in [0.4, 0.5) is 0 Å². The number of halogens is 1. The van der Waals surface area contributed by atoms with Gasteiger partial charge in [0.25, 0.3) is 0 Å². The molecular formula is C13H19IN6. The van der Waals surface area contributed by atoms with E-state index in [9.17, 15) is 0 Å². The van der Waals surface area contributed by atoms with Gasteiger partial charge in [-0.15, -0.1) is 24.0 Å². The molecule has 0 unspecified atom stereocenters. The van der Waals surface area contributed by atoms with E-state index in [1.54, 1.807) is 17.1 Å². The van der Waals surface area contributed by atoms with Crippen molar-refractivity contribution >= 4 is 29.9 Å². The summed E-state index contributed by atoms with van der Waals surface area (Å²) in [6, 6.07) is 6.00. The van der Waals surface area contributed by atoms with E-state index < -0.39 is 0 Å². The fourth-order valence-electron chi connectivity index (χ4n) is 1.61. The lowest BCUT2D eigenvalue weighted by Crippen LogP contribution is -2.36. The van der Waals surface area contributed by atoms with Gasteiger partial charge in [-0.1, -0.05) is 0 Å². The maximum absolute atomic E-state index is 5.76. The van der Waals surface area contributed by atoms with Gasteiger partial charge in [0.1, 0.15) is 0 Å². The Labute approximate surface area is 135 Å². The number of hydrogen-bond donors (Lipinski definition) is 2. The molecule has 2 aromatic heterocycles. The molecule has 2 aromatic rings. The van der Waals surface area contributed by atoms with Crippen molar-refractivity contribution in [2.45, 2.75) is 26.4 Å². The molecule has 3 N–H and O–H groups in total. The Hall–Kier alpha value is -1.64. The second kappa shape index (κ2) is 7.83. The van der Waals surface area contributed by atoms with Gasteiger partial charge in [0.05, 0.1) is 6.54 Å². The zero-order chi connectivity index (χ0) is 13.7. The number of aliphatic imine (C=N–C) groups is 1. The van der Waals surface area contributed by atoms with Gasteiger partial charge in [-0.2, -0.15) is 5.10 Å². The van der Waals surface area contributed by atoms with E-state index in [1.165, 1.54) is 0 Å². The molecule has 0 radical (unpaired) electrons. The highest BCUT2D eigenvalue weighted by Gasteiger charge is 2.00. The fraction of sp³-hybridized carbons (Fsp3) is 0.308. The summed E-state index contributed by atoms with van der Waals surface area (Å²) in [5, 5.41) is 7.19. The minimum atomic E-state index is 0. The van der Waals surface area contributed by atoms with Gasteiger partial charge in [-0.25, -0.2) is 14.7 Å². The predicted molar refractivity (Wildman–Crippen MR) is 90.4 cm³/mol. The third-order valence-corrected chi connectivity index (χ3v) is 2.42. The molecule has 0 amide bonds. The average Bonchev–Trinajstić information content (AvgIpc) is 2.90. The second-order valence-electron chi connectivity index (χ2n) is 4.47. The molecule has 0 saturated heterocycles. The van der Waals surface area contributed by atoms with Gasteiger partial charge in [0.2, 0.25) is 0 Å². The SMILES string of the molecule is CC(C)NC(N)=NCc1ccnc(-n2cccn2)c1.I. The molecule has 0 aliphatic rings. The standard InChI is InChI=1S/C13H18N6.HI/c1-10(2)18-13(14)16-9-11-4-6-15-12(8-11)19-7-3-5-17-19;/h3-8,10H,9H2,1-2H3,(H3,14,16,18);1H. The van der Waals surface area contributed by atoms with Gasteiger partial charge < -0.3 is 11.1 Å². The first kappa shape index (κ1) is 16.4. The highest BCUT2D eigenvalue weighted by atomic mass is 127. The van der Waals surface area contributed by atoms with E-state index in [0.29, 0.717) is 12.5 Å². The number of guanidine groups is 1. The summed E-state index contributed by atoms with van der Waals surface area (Å²) >= 11 is 0. The lowest BCUT2D eigenvalue weighted by molar-refractivity contribution is 0.723. The van der Waals surface area contributed by atoms with E-state index in [-0.39, 0.29) is 30.0 Å². The fourth-order valence-corrected chi connectivity index (χ4v) is 1.61. The van der Waals surface area contributed by atoms with Gasteiger partial charge in [0.15, 0.2) is 11.8 Å². The van der Waals surface area contributed by atoms with Crippen molar-refractivity contribution in [3.05, 3.63) is 42.4 Å². The third kappa shape index (κ3) is 4.80. The van der Waals surface area contributed by atoms with Crippen LogP contribution in [0.15, 0.2) is 41.8 Å². The van der Waals surface area contributed by atoms with Crippen molar-refractivity contribution in [2.24, 2.45) is 10.7 Å². The summed E-state index contributed by atoms with van der Waals surface area (Å²) < 4.78 is 1.71. The number of pyridine rings is 1. The zero-order valence-corrected chi connectivity index (χ0v) is 13.9. The van der Waals surface area contributed by atoms with E-state index in [0.717, 1.165) is 11.4 Å². The number of nitrogens with zero attached hydrogens (tertiary/aromatic N) is 4. The van der Waals surface area contributed by atoms with Crippen LogP contribution in [0.1, 0.15) is 19.4 Å². The van der Waals surface area contributed by atoms with Crippen LogP contribution in [0.25, 0.3) is 5.82 Å². The molecule has 0 atom stereocenters. The third-order valence-electron chi connectivity index (χ3n) is 2.42. The summed E-state index contributed by atoms with van der Waals surface area (Å²) in [6.07, 6.45) is 5.31. The number of hydrogen-bond acceptors (Lipinski definition) is 3. The smallest absolute Gasteiger partial charge is 0.189 e. The van der Waals surface area contributed by atoms with Crippen molar-refractivity contribution in [3.63, 3.8) is 0 Å². The Balaban J connectivity index is 0.00000200. The Morgan fingerprint density at radius 2 is 2.25 bits per heavy atom. The molecular weight excluding hydrogens is 367 g/mol. The largest absolute Gasteiger partial charge is 0.370 e. The van der Waals surface area contributed by atoms with Gasteiger partial charge in [-0.3, -0.25) is 0 Å². The van der Waals surface area contributed by atoms with Crippen LogP contribution in [-0.2, 0) is 6.54 Å². The van der Waals surface area contributed by atoms with Crippen LogP contribution in [0.3, 0.4) is 0 Å². The topological polar surface area (TPSA) is 81.1 Å². The van der Waals surface area contributed by atoms with Crippen LogP contribution in [0.2, 0.25) is 0 Å². The second-order valence-corrected chi connectivity index (χ2v) is 4.47. The summed E-state index contributed by atoms with van der Waals surface area (Å²) in [7, 11) is 0. The molecule has 0 aliphatic carbocycles. The molecule has 2 rings (SSSR count). The minimum Gasteiger partial charge on any atom is -0.370 e. The Morgan fingerprint density at radius 1 is 1.45 bits per heavy atom. The van der Waals surface area contributed by atoms with Crippen molar-refractivity contribution in [1.29, 1.82) is 0 Å². The highest BCUT2D eigenvalue weighted by molar-refractivity contribution is 14.0. The minimum absolute atomic E-state index is 0. The lowest BCUT2D eigenvalue weighted by Gasteiger charge is -2.08. The molecule has 0 aliphatic heterocycles. The van der Waals surface area contributed by atoms with Gasteiger partial charge in [-0.05, 0) is 37.6 Å². The highest BCUT2D eigenvalue weighted by Crippen LogP contribution is 2.07.